The van der Waals surface area contributed by atoms with Crippen molar-refractivity contribution in [1.82, 2.24) is 9.34 Å². The third-order valence-corrected chi connectivity index (χ3v) is 44.4. The molecule has 8 nitrogen and oxygen atoms in total. The van der Waals surface area contributed by atoms with Crippen LogP contribution in [0.25, 0.3) is 0 Å². The third-order valence-electron chi connectivity index (χ3n) is 19.6. The summed E-state index contributed by atoms with van der Waals surface area (Å²) in [5, 5.41) is 0. The number of rotatable bonds is 0. The van der Waals surface area contributed by atoms with Crippen LogP contribution in [0.5, 0.6) is 0 Å². The Morgan fingerprint density at radius 1 is 0.476 bits per heavy atom. The molecule has 6 saturated heterocycles. The fourth-order valence-corrected chi connectivity index (χ4v) is 46.2. The molecule has 4 aliphatic carbocycles. The van der Waals surface area contributed by atoms with Crippen LogP contribution in [0.1, 0.15) is 215 Å². The Hall–Kier alpha value is 4.19. The quantitative estimate of drug-likeness (QED) is 0.216. The molecule has 4 saturated carbocycles. The van der Waals surface area contributed by atoms with Gasteiger partial charge in [-0.2, -0.15) is 0 Å². The third kappa shape index (κ3) is 21.9. The van der Waals surface area contributed by atoms with Crippen LogP contribution < -0.4 is 0 Å². The van der Waals surface area contributed by atoms with Crippen LogP contribution >= 0.6 is 84.8 Å². The van der Waals surface area contributed by atoms with E-state index in [0.29, 0.717) is 67.1 Å². The first-order chi connectivity index (χ1) is 37.1. The highest BCUT2D eigenvalue weighted by atomic mass is 32.9. The van der Waals surface area contributed by atoms with Crippen LogP contribution in [0.3, 0.4) is 0 Å². The van der Waals surface area contributed by atoms with Crippen molar-refractivity contribution in [3.05, 3.63) is 0 Å². The van der Waals surface area contributed by atoms with Gasteiger partial charge in [0, 0.05) is 60.4 Å². The smallest absolute Gasteiger partial charge is 0.129 e. The van der Waals surface area contributed by atoms with Crippen molar-refractivity contribution in [2.75, 3.05) is 54.1 Å². The second-order valence-corrected chi connectivity index (χ2v) is 64.5. The first-order valence-corrected chi connectivity index (χ1v) is 52.2. The zero-order chi connectivity index (χ0) is 62.4. The Balaban J connectivity index is 0.000000181. The monoisotopic (exact) mass is 1390 g/mol. The predicted molar refractivity (Wildman–Crippen MR) is 392 cm³/mol. The maximum atomic E-state index is 6.25. The molecule has 0 bridgehead atoms. The highest BCUT2D eigenvalue weighted by Gasteiger charge is 2.52. The van der Waals surface area contributed by atoms with Gasteiger partial charge in [0.25, 0.3) is 0 Å². The molecule has 0 aromatic heterocycles. The molecular weight excluding hydrogens is 1270 g/mol. The van der Waals surface area contributed by atoms with Crippen LogP contribution in [-0.2, 0) is 62.6 Å². The molecule has 6 heterocycles. The van der Waals surface area contributed by atoms with Gasteiger partial charge in [0.15, 0.2) is 0 Å². The molecule has 0 aromatic rings. The number of hydrogen-bond donors (Lipinski definition) is 0. The van der Waals surface area contributed by atoms with E-state index < -0.39 is 23.7 Å². The number of hydrogen-bond acceptors (Lipinski definition) is 14. The Morgan fingerprint density at radius 2 is 0.841 bits per heavy atom. The van der Waals surface area contributed by atoms with Gasteiger partial charge >= 0.3 is 0 Å². The second-order valence-electron chi connectivity index (χ2n) is 30.6. The predicted octanol–water partition coefficient (Wildman–Crippen LogP) is 22.0. The van der Waals surface area contributed by atoms with Gasteiger partial charge in [-0.05, 0) is 205 Å². The first-order valence-electron chi connectivity index (χ1n) is 31.4. The van der Waals surface area contributed by atoms with Crippen LogP contribution in [0.15, 0.2) is 0 Å². The second kappa shape index (κ2) is 29.9. The minimum absolute atomic E-state index is 0.202. The molecule has 0 N–H and O–H groups in total. The zero-order valence-corrected chi connectivity index (χ0v) is 67.7. The standard InChI is InChI=1S/C12H24NOPS.C12H24NOP.C12H23OPS.C11H21OPS.2C7H15OPS2/c1-9-6-7-10-11(8-9)14-15(5,16)13(4)12(10,2)3;1-9-6-7-10-11(8-9)14-15(5)13(4)12(10,2)3;1-9-6-7-10-11(8-9)13-14(4,5)15-12(10,2)3;1-8-5-6-9-10(7-8)12-13(4)14-11(9,2)3;2*1-6-5-7(2,3)11-9(4,10)8-6/h9-11H,6-8H2,1-5H3;9-11H,6-8H2,1-5H3;9-11H,4,6-8H2,1-3,5H3;8-10H,5-7H2,1-4H3;2*6H,5H2,1-4H3. The molecule has 82 heavy (non-hydrogen) atoms. The minimum atomic E-state index is -1.75. The Morgan fingerprint density at radius 3 is 1.26 bits per heavy atom. The van der Waals surface area contributed by atoms with Crippen LogP contribution in [0, 0.1) is 47.3 Å². The molecule has 10 fully saturated rings. The summed E-state index contributed by atoms with van der Waals surface area (Å²) in [5.41, 5.74) is -2.50. The fraction of sp³-hybridized carbons (Fsp3) is 0.984. The van der Waals surface area contributed by atoms with Crippen molar-refractivity contribution in [2.45, 2.75) is 281 Å². The maximum absolute atomic E-state index is 6.25. The molecule has 0 spiro atoms. The van der Waals surface area contributed by atoms with Crippen LogP contribution in [0.2, 0.25) is 0 Å². The molecule has 20 atom stereocenters. The molecule has 10 aliphatic rings. The van der Waals surface area contributed by atoms with Crippen molar-refractivity contribution >= 4 is 127 Å². The van der Waals surface area contributed by atoms with Gasteiger partial charge in [-0.1, -0.05) is 157 Å². The normalized spacial score (nSPS) is 46.9. The molecule has 0 radical (unpaired) electrons. The van der Waals surface area contributed by atoms with Gasteiger partial charge in [0.05, 0.1) is 50.3 Å². The van der Waals surface area contributed by atoms with Crippen LogP contribution in [0.4, 0.5) is 0 Å². The van der Waals surface area contributed by atoms with Crippen molar-refractivity contribution < 1.29 is 27.1 Å². The summed E-state index contributed by atoms with van der Waals surface area (Å²) in [6.45, 7) is 54.7. The fourth-order valence-electron chi connectivity index (χ4n) is 15.5. The first kappa shape index (κ1) is 76.9. The number of nitrogens with zero attached hydrogens (tertiary/aromatic N) is 2. The van der Waals surface area contributed by atoms with Gasteiger partial charge in [-0.3, -0.25) is 9.34 Å². The van der Waals surface area contributed by atoms with E-state index in [-0.39, 0.29) is 21.2 Å². The highest BCUT2D eigenvalue weighted by molar-refractivity contribution is 8.70. The summed E-state index contributed by atoms with van der Waals surface area (Å²) in [7, 11) is 3.77. The largest absolute Gasteiger partial charge is 0.348 e. The minimum Gasteiger partial charge on any atom is -0.348 e. The van der Waals surface area contributed by atoms with Gasteiger partial charge in [-0.25, -0.2) is 0 Å². The molecular formula is C61H122N2O6P6S7. The molecule has 6 aliphatic heterocycles. The van der Waals surface area contributed by atoms with Crippen molar-refractivity contribution in [3.63, 3.8) is 0 Å². The van der Waals surface area contributed by atoms with E-state index >= 15 is 0 Å². The van der Waals surface area contributed by atoms with Gasteiger partial charge in [0.1, 0.15) is 25.6 Å². The van der Waals surface area contributed by atoms with Gasteiger partial charge in [0.2, 0.25) is 0 Å². The summed E-state index contributed by atoms with van der Waals surface area (Å²) in [6.07, 6.45) is 21.9. The zero-order valence-electron chi connectivity index (χ0n) is 56.6. The summed E-state index contributed by atoms with van der Waals surface area (Å²) in [6, 6.07) is 0. The molecule has 484 valence electrons. The lowest BCUT2D eigenvalue weighted by atomic mass is 9.72. The van der Waals surface area contributed by atoms with Gasteiger partial charge < -0.3 is 27.1 Å². The lowest BCUT2D eigenvalue weighted by molar-refractivity contribution is -0.0289. The van der Waals surface area contributed by atoms with Crippen molar-refractivity contribution in [2.24, 2.45) is 47.3 Å². The summed E-state index contributed by atoms with van der Waals surface area (Å²) < 4.78 is 42.5. The molecule has 20 unspecified atom stereocenters. The number of fused-ring (bicyclic) bond motifs is 4. The molecule has 10 rings (SSSR count). The topological polar surface area (TPSA) is 61.9 Å². The van der Waals surface area contributed by atoms with Crippen molar-refractivity contribution in [1.29, 1.82) is 0 Å². The molecule has 0 amide bonds. The lowest BCUT2D eigenvalue weighted by Gasteiger charge is -2.56. The average Bonchev–Trinajstić information content (AvgIpc) is 3.48. The van der Waals surface area contributed by atoms with E-state index in [1.54, 1.807) is 0 Å². The summed E-state index contributed by atoms with van der Waals surface area (Å²) >= 11 is 24.2. The van der Waals surface area contributed by atoms with E-state index in [9.17, 15) is 0 Å². The Kier molecular flexibility index (Phi) is 28.0. The van der Waals surface area contributed by atoms with E-state index in [4.69, 9.17) is 62.6 Å². The van der Waals surface area contributed by atoms with E-state index in [0.717, 1.165) is 54.3 Å². The average molecular weight is 1390 g/mol. The van der Waals surface area contributed by atoms with Crippen LogP contribution in [-0.4, -0.2) is 136 Å². The molecule has 21 heteroatoms. The lowest BCUT2D eigenvalue weighted by Crippen LogP contribution is -2.56. The Bertz CT molecular complexity index is 2250. The summed E-state index contributed by atoms with van der Waals surface area (Å²) in [5.74, 6) is 6.30. The molecule has 0 aromatic carbocycles. The highest BCUT2D eigenvalue weighted by Crippen LogP contribution is 2.71. The SMILES string of the molecule is C=P1(C)OC2CC(C)CCC2C(C)(C)S1.CC1CC(C)(C)SP(C)(=S)O1.CC1CC(C)(C)SP(C)(=S)O1.CC1CCC2C(C1)OP(C)(=S)N(C)C2(C)C.CC1CCC2C(C1)OP(C)N(C)C2(C)C.CC1CCC2C(C1)OP(C)SC2(C)C. The Labute approximate surface area is 541 Å². The van der Waals surface area contributed by atoms with Crippen molar-refractivity contribution in [3.8, 4) is 0 Å². The van der Waals surface area contributed by atoms with E-state index in [1.165, 1.54) is 77.0 Å². The van der Waals surface area contributed by atoms with Gasteiger partial charge in [-0.15, -0.1) is 11.4 Å². The maximum Gasteiger partial charge on any atom is 0.129 e. The summed E-state index contributed by atoms with van der Waals surface area (Å²) in [4.78, 5) is 0. The van der Waals surface area contributed by atoms with E-state index in [2.05, 4.69) is 206 Å². The van der Waals surface area contributed by atoms with E-state index in [1.807, 2.05) is 34.1 Å².